The quantitative estimate of drug-likeness (QED) is 0.670. The van der Waals surface area contributed by atoms with Gasteiger partial charge in [-0.25, -0.2) is 15.4 Å². The Morgan fingerprint density at radius 1 is 1.20 bits per heavy atom. The molecule has 3 N–H and O–H groups in total. The minimum Gasteiger partial charge on any atom is -0.270 e. The van der Waals surface area contributed by atoms with Crippen LogP contribution in [0, 0.1) is 6.92 Å². The van der Waals surface area contributed by atoms with Crippen molar-refractivity contribution in [3.8, 4) is 0 Å². The van der Waals surface area contributed by atoms with Crippen molar-refractivity contribution < 1.29 is 13.2 Å². The van der Waals surface area contributed by atoms with Gasteiger partial charge in [-0.2, -0.15) is 13.2 Å². The minimum absolute atomic E-state index is 0.317. The SMILES string of the molecule is Cc1cnc(C(NN)c2cccc(C(F)(F)F)c2)nc1. The number of hydrazine groups is 1. The molecule has 0 saturated heterocycles. The van der Waals surface area contributed by atoms with Crippen LogP contribution in [0.1, 0.15) is 28.6 Å². The summed E-state index contributed by atoms with van der Waals surface area (Å²) >= 11 is 0. The van der Waals surface area contributed by atoms with E-state index in [2.05, 4.69) is 15.4 Å². The van der Waals surface area contributed by atoms with Gasteiger partial charge in [0, 0.05) is 12.4 Å². The topological polar surface area (TPSA) is 63.8 Å². The predicted molar refractivity (Wildman–Crippen MR) is 67.4 cm³/mol. The molecule has 20 heavy (non-hydrogen) atoms. The van der Waals surface area contributed by atoms with Gasteiger partial charge >= 0.3 is 6.18 Å². The molecule has 1 aromatic carbocycles. The fourth-order valence-corrected chi connectivity index (χ4v) is 1.77. The first-order valence-corrected chi connectivity index (χ1v) is 5.83. The van der Waals surface area contributed by atoms with Gasteiger partial charge < -0.3 is 0 Å². The normalized spacial score (nSPS) is 13.2. The Balaban J connectivity index is 2.39. The van der Waals surface area contributed by atoms with Gasteiger partial charge in [-0.15, -0.1) is 0 Å². The second-order valence-corrected chi connectivity index (χ2v) is 4.34. The van der Waals surface area contributed by atoms with Crippen molar-refractivity contribution in [3.05, 3.63) is 59.2 Å². The van der Waals surface area contributed by atoms with E-state index >= 15 is 0 Å². The highest BCUT2D eigenvalue weighted by Gasteiger charge is 2.31. The van der Waals surface area contributed by atoms with Crippen LogP contribution >= 0.6 is 0 Å². The molecule has 2 aromatic rings. The maximum Gasteiger partial charge on any atom is 0.416 e. The van der Waals surface area contributed by atoms with Crippen LogP contribution < -0.4 is 11.3 Å². The van der Waals surface area contributed by atoms with E-state index < -0.39 is 17.8 Å². The lowest BCUT2D eigenvalue weighted by atomic mass is 10.0. The third-order valence-corrected chi connectivity index (χ3v) is 2.77. The Bertz CT molecular complexity index is 581. The average Bonchev–Trinajstić information content (AvgIpc) is 2.41. The number of rotatable bonds is 3. The minimum atomic E-state index is -4.40. The fourth-order valence-electron chi connectivity index (χ4n) is 1.77. The highest BCUT2D eigenvalue weighted by Crippen LogP contribution is 2.31. The highest BCUT2D eigenvalue weighted by atomic mass is 19.4. The predicted octanol–water partition coefficient (Wildman–Crippen LogP) is 2.36. The molecule has 0 saturated carbocycles. The maximum atomic E-state index is 12.7. The van der Waals surface area contributed by atoms with Crippen molar-refractivity contribution in [1.29, 1.82) is 0 Å². The van der Waals surface area contributed by atoms with Crippen LogP contribution in [-0.2, 0) is 6.18 Å². The molecule has 4 nitrogen and oxygen atoms in total. The summed E-state index contributed by atoms with van der Waals surface area (Å²) in [5, 5.41) is 0. The average molecular weight is 282 g/mol. The zero-order valence-corrected chi connectivity index (χ0v) is 10.6. The monoisotopic (exact) mass is 282 g/mol. The molecular weight excluding hydrogens is 269 g/mol. The van der Waals surface area contributed by atoms with E-state index in [1.165, 1.54) is 6.07 Å². The second kappa shape index (κ2) is 5.56. The summed E-state index contributed by atoms with van der Waals surface area (Å²) < 4.78 is 38.1. The van der Waals surface area contributed by atoms with Gasteiger partial charge in [0.2, 0.25) is 0 Å². The van der Waals surface area contributed by atoms with Gasteiger partial charge in [-0.05, 0) is 30.2 Å². The van der Waals surface area contributed by atoms with E-state index in [-0.39, 0.29) is 0 Å². The lowest BCUT2D eigenvalue weighted by Crippen LogP contribution is -2.30. The largest absolute Gasteiger partial charge is 0.416 e. The zero-order chi connectivity index (χ0) is 14.8. The number of nitrogens with zero attached hydrogens (tertiary/aromatic N) is 2. The Morgan fingerprint density at radius 2 is 1.85 bits per heavy atom. The number of alkyl halides is 3. The maximum absolute atomic E-state index is 12.7. The van der Waals surface area contributed by atoms with Crippen molar-refractivity contribution in [2.45, 2.75) is 19.1 Å². The molecule has 0 aliphatic carbocycles. The van der Waals surface area contributed by atoms with Crippen LogP contribution in [0.15, 0.2) is 36.7 Å². The van der Waals surface area contributed by atoms with Crippen LogP contribution in [0.5, 0.6) is 0 Å². The van der Waals surface area contributed by atoms with E-state index in [0.29, 0.717) is 11.4 Å². The Morgan fingerprint density at radius 3 is 2.40 bits per heavy atom. The molecule has 0 bridgehead atoms. The van der Waals surface area contributed by atoms with Crippen LogP contribution in [0.4, 0.5) is 13.2 Å². The lowest BCUT2D eigenvalue weighted by molar-refractivity contribution is -0.137. The summed E-state index contributed by atoms with van der Waals surface area (Å²) in [5.74, 6) is 5.74. The Labute approximate surface area is 113 Å². The Hall–Kier alpha value is -1.99. The van der Waals surface area contributed by atoms with E-state index in [0.717, 1.165) is 17.7 Å². The molecule has 0 radical (unpaired) electrons. The van der Waals surface area contributed by atoms with E-state index in [1.54, 1.807) is 18.5 Å². The van der Waals surface area contributed by atoms with Gasteiger partial charge in [-0.3, -0.25) is 5.84 Å². The number of hydrogen-bond donors (Lipinski definition) is 2. The van der Waals surface area contributed by atoms with Crippen molar-refractivity contribution in [3.63, 3.8) is 0 Å². The molecule has 0 amide bonds. The first-order valence-electron chi connectivity index (χ1n) is 5.83. The highest BCUT2D eigenvalue weighted by molar-refractivity contribution is 5.31. The third-order valence-electron chi connectivity index (χ3n) is 2.77. The van der Waals surface area contributed by atoms with Gasteiger partial charge in [-0.1, -0.05) is 12.1 Å². The number of halogens is 3. The van der Waals surface area contributed by atoms with Gasteiger partial charge in [0.15, 0.2) is 5.82 Å². The lowest BCUT2D eigenvalue weighted by Gasteiger charge is -2.16. The molecule has 1 heterocycles. The third kappa shape index (κ3) is 3.12. The molecule has 0 aliphatic heterocycles. The van der Waals surface area contributed by atoms with Crippen LogP contribution in [-0.4, -0.2) is 9.97 Å². The van der Waals surface area contributed by atoms with Crippen molar-refractivity contribution in [1.82, 2.24) is 15.4 Å². The molecule has 0 spiro atoms. The molecular formula is C13H13F3N4. The molecule has 2 rings (SSSR count). The molecule has 7 heteroatoms. The van der Waals surface area contributed by atoms with E-state index in [9.17, 15) is 13.2 Å². The molecule has 1 aromatic heterocycles. The summed E-state index contributed by atoms with van der Waals surface area (Å²) in [6, 6.07) is 4.22. The molecule has 0 fully saturated rings. The van der Waals surface area contributed by atoms with Gasteiger partial charge in [0.1, 0.15) is 6.04 Å². The number of aryl methyl sites for hydroxylation is 1. The molecule has 106 valence electrons. The summed E-state index contributed by atoms with van der Waals surface area (Å²) in [5.41, 5.74) is 2.91. The smallest absolute Gasteiger partial charge is 0.270 e. The molecule has 1 unspecified atom stereocenters. The first kappa shape index (κ1) is 14.4. The van der Waals surface area contributed by atoms with Crippen molar-refractivity contribution >= 4 is 0 Å². The summed E-state index contributed by atoms with van der Waals surface area (Å²) in [7, 11) is 0. The van der Waals surface area contributed by atoms with Gasteiger partial charge in [0.05, 0.1) is 5.56 Å². The van der Waals surface area contributed by atoms with Crippen molar-refractivity contribution in [2.24, 2.45) is 5.84 Å². The number of nitrogens with one attached hydrogen (secondary N) is 1. The molecule has 0 aliphatic rings. The van der Waals surface area contributed by atoms with E-state index in [4.69, 9.17) is 5.84 Å². The summed E-state index contributed by atoms with van der Waals surface area (Å²) in [6.45, 7) is 1.82. The molecule has 1 atom stereocenters. The van der Waals surface area contributed by atoms with Crippen LogP contribution in [0.2, 0.25) is 0 Å². The first-order chi connectivity index (χ1) is 9.41. The van der Waals surface area contributed by atoms with Crippen LogP contribution in [0.3, 0.4) is 0 Å². The Kier molecular flexibility index (Phi) is 4.01. The standard InChI is InChI=1S/C13H13F3N4/c1-8-6-18-12(19-7-8)11(20-17)9-3-2-4-10(5-9)13(14,15)16/h2-7,11,20H,17H2,1H3. The number of hydrogen-bond acceptors (Lipinski definition) is 4. The number of nitrogens with two attached hydrogens (primary N) is 1. The van der Waals surface area contributed by atoms with Gasteiger partial charge in [0.25, 0.3) is 0 Å². The van der Waals surface area contributed by atoms with E-state index in [1.807, 2.05) is 6.92 Å². The fraction of sp³-hybridized carbons (Fsp3) is 0.231. The van der Waals surface area contributed by atoms with Crippen molar-refractivity contribution in [2.75, 3.05) is 0 Å². The second-order valence-electron chi connectivity index (χ2n) is 4.34. The summed E-state index contributed by atoms with van der Waals surface area (Å²) in [6.07, 6.45) is -1.23. The summed E-state index contributed by atoms with van der Waals surface area (Å²) in [4.78, 5) is 8.17. The number of aromatic nitrogens is 2. The zero-order valence-electron chi connectivity index (χ0n) is 10.6. The number of benzene rings is 1. The van der Waals surface area contributed by atoms with Crippen LogP contribution in [0.25, 0.3) is 0 Å².